The Bertz CT molecular complexity index is 474. The van der Waals surface area contributed by atoms with Crippen molar-refractivity contribution in [2.75, 3.05) is 25.1 Å². The molecule has 2 aromatic rings. The summed E-state index contributed by atoms with van der Waals surface area (Å²) < 4.78 is 0. The lowest BCUT2D eigenvalue weighted by Crippen LogP contribution is -2.26. The fourth-order valence-electron chi connectivity index (χ4n) is 2.17. The number of hydrogen-bond acceptors (Lipinski definition) is 2. The number of aromatic amines is 1. The molecule has 1 heterocycles. The van der Waals surface area contributed by atoms with Gasteiger partial charge in [-0.2, -0.15) is 0 Å². The SMILES string of the molecule is CCC(CO)CN(C)c1c[nH]c2ccccc12. The quantitative estimate of drug-likeness (QED) is 0.831. The first-order valence-electron chi connectivity index (χ1n) is 6.14. The summed E-state index contributed by atoms with van der Waals surface area (Å²) in [6, 6.07) is 8.29. The van der Waals surface area contributed by atoms with E-state index in [0.29, 0.717) is 5.92 Å². The molecule has 0 aliphatic heterocycles. The van der Waals surface area contributed by atoms with Crippen LogP contribution in [0.25, 0.3) is 10.9 Å². The van der Waals surface area contributed by atoms with Crippen molar-refractivity contribution in [2.45, 2.75) is 13.3 Å². The van der Waals surface area contributed by atoms with Crippen LogP contribution in [0, 0.1) is 5.92 Å². The van der Waals surface area contributed by atoms with Gasteiger partial charge in [-0.25, -0.2) is 0 Å². The minimum absolute atomic E-state index is 0.253. The van der Waals surface area contributed by atoms with Crippen LogP contribution in [-0.4, -0.2) is 30.3 Å². The van der Waals surface area contributed by atoms with E-state index in [0.717, 1.165) is 18.5 Å². The second-order valence-electron chi connectivity index (χ2n) is 4.56. The molecule has 0 spiro atoms. The number of anilines is 1. The lowest BCUT2D eigenvalue weighted by molar-refractivity contribution is 0.226. The van der Waals surface area contributed by atoms with Crippen LogP contribution in [0.15, 0.2) is 30.5 Å². The van der Waals surface area contributed by atoms with E-state index in [1.54, 1.807) is 0 Å². The minimum Gasteiger partial charge on any atom is -0.396 e. The van der Waals surface area contributed by atoms with Gasteiger partial charge in [0.15, 0.2) is 0 Å². The van der Waals surface area contributed by atoms with Crippen LogP contribution >= 0.6 is 0 Å². The number of H-pyrrole nitrogens is 1. The van der Waals surface area contributed by atoms with Crippen molar-refractivity contribution in [1.29, 1.82) is 0 Å². The van der Waals surface area contributed by atoms with Crippen LogP contribution in [-0.2, 0) is 0 Å². The van der Waals surface area contributed by atoms with Crippen LogP contribution < -0.4 is 4.90 Å². The van der Waals surface area contributed by atoms with Gasteiger partial charge in [-0.3, -0.25) is 0 Å². The molecule has 1 aromatic carbocycles. The molecule has 0 bridgehead atoms. The molecule has 92 valence electrons. The monoisotopic (exact) mass is 232 g/mol. The number of fused-ring (bicyclic) bond motifs is 1. The standard InChI is InChI=1S/C14H20N2O/c1-3-11(10-17)9-16(2)14-8-15-13-7-5-4-6-12(13)14/h4-8,11,15,17H,3,9-10H2,1-2H3. The first-order valence-corrected chi connectivity index (χ1v) is 6.14. The third-order valence-electron chi connectivity index (χ3n) is 3.35. The number of nitrogens with one attached hydrogen (secondary N) is 1. The molecular formula is C14H20N2O. The van der Waals surface area contributed by atoms with Crippen LogP contribution in [0.5, 0.6) is 0 Å². The summed E-state index contributed by atoms with van der Waals surface area (Å²) >= 11 is 0. The Balaban J connectivity index is 2.21. The van der Waals surface area contributed by atoms with E-state index in [4.69, 9.17) is 0 Å². The molecular weight excluding hydrogens is 212 g/mol. The molecule has 2 rings (SSSR count). The average molecular weight is 232 g/mol. The average Bonchev–Trinajstić information content (AvgIpc) is 2.79. The van der Waals surface area contributed by atoms with E-state index >= 15 is 0 Å². The first-order chi connectivity index (χ1) is 8.26. The van der Waals surface area contributed by atoms with Crippen LogP contribution in [0.3, 0.4) is 0 Å². The molecule has 17 heavy (non-hydrogen) atoms. The second-order valence-corrected chi connectivity index (χ2v) is 4.56. The Morgan fingerprint density at radius 3 is 2.82 bits per heavy atom. The maximum atomic E-state index is 9.25. The summed E-state index contributed by atoms with van der Waals surface area (Å²) in [5, 5.41) is 10.5. The van der Waals surface area contributed by atoms with Crippen molar-refractivity contribution in [3.05, 3.63) is 30.5 Å². The smallest absolute Gasteiger partial charge is 0.0621 e. The predicted octanol–water partition coefficient (Wildman–Crippen LogP) is 2.62. The third-order valence-corrected chi connectivity index (χ3v) is 3.35. The number of aromatic nitrogens is 1. The molecule has 1 aromatic heterocycles. The molecule has 0 aliphatic rings. The molecule has 1 atom stereocenters. The van der Waals surface area contributed by atoms with Gasteiger partial charge in [0.1, 0.15) is 0 Å². The van der Waals surface area contributed by atoms with Gasteiger partial charge in [0.05, 0.1) is 5.69 Å². The van der Waals surface area contributed by atoms with E-state index in [2.05, 4.69) is 42.1 Å². The highest BCUT2D eigenvalue weighted by atomic mass is 16.3. The largest absolute Gasteiger partial charge is 0.396 e. The number of rotatable bonds is 5. The molecule has 0 saturated carbocycles. The van der Waals surface area contributed by atoms with Gasteiger partial charge in [0.25, 0.3) is 0 Å². The Kier molecular flexibility index (Phi) is 3.69. The number of para-hydroxylation sites is 1. The fraction of sp³-hybridized carbons (Fsp3) is 0.429. The molecule has 2 N–H and O–H groups in total. The Morgan fingerprint density at radius 1 is 1.35 bits per heavy atom. The molecule has 1 unspecified atom stereocenters. The maximum absolute atomic E-state index is 9.25. The summed E-state index contributed by atoms with van der Waals surface area (Å²) in [5.74, 6) is 0.341. The van der Waals surface area contributed by atoms with Gasteiger partial charge in [0, 0.05) is 37.3 Å². The highest BCUT2D eigenvalue weighted by molar-refractivity contribution is 5.92. The zero-order chi connectivity index (χ0) is 12.3. The van der Waals surface area contributed by atoms with E-state index in [1.165, 1.54) is 11.1 Å². The lowest BCUT2D eigenvalue weighted by Gasteiger charge is -2.23. The fourth-order valence-corrected chi connectivity index (χ4v) is 2.17. The van der Waals surface area contributed by atoms with Crippen molar-refractivity contribution in [2.24, 2.45) is 5.92 Å². The van der Waals surface area contributed by atoms with Gasteiger partial charge >= 0.3 is 0 Å². The summed E-state index contributed by atoms with van der Waals surface area (Å²) in [4.78, 5) is 5.49. The summed E-state index contributed by atoms with van der Waals surface area (Å²) in [6.45, 7) is 3.25. The maximum Gasteiger partial charge on any atom is 0.0621 e. The van der Waals surface area contributed by atoms with Gasteiger partial charge < -0.3 is 15.0 Å². The van der Waals surface area contributed by atoms with Crippen molar-refractivity contribution in [1.82, 2.24) is 4.98 Å². The number of benzene rings is 1. The summed E-state index contributed by atoms with van der Waals surface area (Å²) in [5.41, 5.74) is 2.36. The molecule has 3 nitrogen and oxygen atoms in total. The van der Waals surface area contributed by atoms with Gasteiger partial charge in [-0.15, -0.1) is 0 Å². The number of nitrogens with zero attached hydrogens (tertiary/aromatic N) is 1. The summed E-state index contributed by atoms with van der Waals surface area (Å²) in [7, 11) is 2.08. The molecule has 3 heteroatoms. The van der Waals surface area contributed by atoms with E-state index < -0.39 is 0 Å². The van der Waals surface area contributed by atoms with E-state index in [1.807, 2.05) is 12.3 Å². The second kappa shape index (κ2) is 5.23. The number of aliphatic hydroxyl groups is 1. The van der Waals surface area contributed by atoms with Crippen molar-refractivity contribution in [3.63, 3.8) is 0 Å². The zero-order valence-corrected chi connectivity index (χ0v) is 10.5. The highest BCUT2D eigenvalue weighted by Gasteiger charge is 2.12. The molecule has 0 saturated heterocycles. The molecule has 0 aliphatic carbocycles. The normalized spacial score (nSPS) is 12.9. The summed E-state index contributed by atoms with van der Waals surface area (Å²) in [6.07, 6.45) is 3.04. The van der Waals surface area contributed by atoms with Crippen LogP contribution in [0.1, 0.15) is 13.3 Å². The minimum atomic E-state index is 0.253. The number of aliphatic hydroxyl groups excluding tert-OH is 1. The van der Waals surface area contributed by atoms with Crippen LogP contribution in [0.2, 0.25) is 0 Å². The van der Waals surface area contributed by atoms with Crippen molar-refractivity contribution >= 4 is 16.6 Å². The first kappa shape index (κ1) is 12.0. The van der Waals surface area contributed by atoms with Crippen molar-refractivity contribution < 1.29 is 5.11 Å². The van der Waals surface area contributed by atoms with E-state index in [9.17, 15) is 5.11 Å². The Morgan fingerprint density at radius 2 is 2.12 bits per heavy atom. The van der Waals surface area contributed by atoms with Gasteiger partial charge in [0.2, 0.25) is 0 Å². The van der Waals surface area contributed by atoms with Crippen LogP contribution in [0.4, 0.5) is 5.69 Å². The number of hydrogen-bond donors (Lipinski definition) is 2. The topological polar surface area (TPSA) is 39.3 Å². The lowest BCUT2D eigenvalue weighted by atomic mass is 10.1. The molecule has 0 radical (unpaired) electrons. The van der Waals surface area contributed by atoms with Gasteiger partial charge in [-0.05, 0) is 18.4 Å². The molecule has 0 amide bonds. The Hall–Kier alpha value is -1.48. The van der Waals surface area contributed by atoms with Gasteiger partial charge in [-0.1, -0.05) is 25.1 Å². The van der Waals surface area contributed by atoms with E-state index in [-0.39, 0.29) is 6.61 Å². The predicted molar refractivity (Wildman–Crippen MR) is 72.4 cm³/mol. The van der Waals surface area contributed by atoms with Crippen molar-refractivity contribution in [3.8, 4) is 0 Å². The Labute approximate surface area is 102 Å². The highest BCUT2D eigenvalue weighted by Crippen LogP contribution is 2.26. The third kappa shape index (κ3) is 2.44. The molecule has 0 fully saturated rings. The zero-order valence-electron chi connectivity index (χ0n) is 10.5.